The maximum atomic E-state index is 13.2. The van der Waals surface area contributed by atoms with Gasteiger partial charge in [-0.25, -0.2) is 4.79 Å². The number of aryl methyl sites for hydroxylation is 2. The second-order valence-electron chi connectivity index (χ2n) is 8.75. The third kappa shape index (κ3) is 5.78. The number of hydrogen-bond acceptors (Lipinski definition) is 6. The van der Waals surface area contributed by atoms with E-state index in [4.69, 9.17) is 9.47 Å². The standard InChI is InChI=1S/C30H28N2O5/c1-19-5-11-23(12-6-19)31-27(33)18-37-25-15-9-22(10-16-25)17-26-29(34)28(30(35)36-4)21(3)32(26)24-13-7-20(2)8-14-24/h5-17H,18H2,1-4H3,(H,31,33)/b26-17-. The molecule has 7 nitrogen and oxygen atoms in total. The van der Waals surface area contributed by atoms with Crippen molar-refractivity contribution in [3.05, 3.63) is 106 Å². The molecule has 0 radical (unpaired) electrons. The lowest BCUT2D eigenvalue weighted by Crippen LogP contribution is -2.20. The van der Waals surface area contributed by atoms with Gasteiger partial charge in [0.2, 0.25) is 5.78 Å². The smallest absolute Gasteiger partial charge is 0.343 e. The monoisotopic (exact) mass is 496 g/mol. The van der Waals surface area contributed by atoms with Crippen LogP contribution in [-0.2, 0) is 19.1 Å². The van der Waals surface area contributed by atoms with Gasteiger partial charge in [0, 0.05) is 17.1 Å². The lowest BCUT2D eigenvalue weighted by atomic mass is 10.1. The van der Waals surface area contributed by atoms with Gasteiger partial charge in [-0.15, -0.1) is 0 Å². The van der Waals surface area contributed by atoms with Crippen LogP contribution in [0.4, 0.5) is 11.4 Å². The number of carbonyl (C=O) groups is 3. The third-order valence-electron chi connectivity index (χ3n) is 5.97. The highest BCUT2D eigenvalue weighted by Gasteiger charge is 2.38. The summed E-state index contributed by atoms with van der Waals surface area (Å²) in [7, 11) is 1.26. The topological polar surface area (TPSA) is 84.9 Å². The molecule has 3 aromatic rings. The SMILES string of the molecule is COC(=O)C1=C(C)N(c2ccc(C)cc2)/C(=C\c2ccc(OCC(=O)Nc3ccc(C)cc3)cc2)C1=O. The van der Waals surface area contributed by atoms with Gasteiger partial charge in [0.05, 0.1) is 12.8 Å². The lowest BCUT2D eigenvalue weighted by molar-refractivity contribution is -0.137. The highest BCUT2D eigenvalue weighted by molar-refractivity contribution is 6.30. The zero-order valence-corrected chi connectivity index (χ0v) is 21.2. The fourth-order valence-corrected chi connectivity index (χ4v) is 3.99. The summed E-state index contributed by atoms with van der Waals surface area (Å²) in [5.41, 5.74) is 5.25. The van der Waals surface area contributed by atoms with Gasteiger partial charge in [-0.2, -0.15) is 0 Å². The number of carbonyl (C=O) groups excluding carboxylic acids is 3. The maximum absolute atomic E-state index is 13.2. The summed E-state index contributed by atoms with van der Waals surface area (Å²) < 4.78 is 10.5. The normalized spacial score (nSPS) is 14.2. The van der Waals surface area contributed by atoms with Gasteiger partial charge >= 0.3 is 5.97 Å². The van der Waals surface area contributed by atoms with E-state index in [0.29, 0.717) is 22.8 Å². The number of Topliss-reactive ketones (excluding diaryl/α,β-unsaturated/α-hetero) is 1. The largest absolute Gasteiger partial charge is 0.484 e. The van der Waals surface area contributed by atoms with Gasteiger partial charge < -0.3 is 19.7 Å². The van der Waals surface area contributed by atoms with Crippen molar-refractivity contribution < 1.29 is 23.9 Å². The van der Waals surface area contributed by atoms with Crippen LogP contribution in [0.3, 0.4) is 0 Å². The van der Waals surface area contributed by atoms with Crippen molar-refractivity contribution in [3.8, 4) is 5.75 Å². The van der Waals surface area contributed by atoms with Crippen LogP contribution in [0.1, 0.15) is 23.6 Å². The Bertz CT molecular complexity index is 1390. The quantitative estimate of drug-likeness (QED) is 0.275. The lowest BCUT2D eigenvalue weighted by Gasteiger charge is -2.21. The Morgan fingerprint density at radius 3 is 2.05 bits per heavy atom. The van der Waals surface area contributed by atoms with Crippen molar-refractivity contribution in [2.24, 2.45) is 0 Å². The molecule has 0 unspecified atom stereocenters. The van der Waals surface area contributed by atoms with E-state index >= 15 is 0 Å². The van der Waals surface area contributed by atoms with Crippen LogP contribution >= 0.6 is 0 Å². The van der Waals surface area contributed by atoms with E-state index in [1.54, 1.807) is 42.2 Å². The fourth-order valence-electron chi connectivity index (χ4n) is 3.99. The van der Waals surface area contributed by atoms with Crippen molar-refractivity contribution in [2.75, 3.05) is 23.9 Å². The van der Waals surface area contributed by atoms with Crippen molar-refractivity contribution in [2.45, 2.75) is 20.8 Å². The number of ether oxygens (including phenoxy) is 2. The number of methoxy groups -OCH3 is 1. The van der Waals surface area contributed by atoms with E-state index in [1.165, 1.54) is 7.11 Å². The summed E-state index contributed by atoms with van der Waals surface area (Å²) in [5, 5.41) is 2.79. The molecule has 1 amide bonds. The zero-order chi connectivity index (χ0) is 26.5. The van der Waals surface area contributed by atoms with Gasteiger partial charge in [-0.05, 0) is 68.8 Å². The number of nitrogens with one attached hydrogen (secondary N) is 1. The molecule has 1 N–H and O–H groups in total. The molecule has 4 rings (SSSR count). The molecule has 3 aromatic carbocycles. The number of anilines is 2. The predicted octanol–water partition coefficient (Wildman–Crippen LogP) is 5.20. The Morgan fingerprint density at radius 2 is 1.46 bits per heavy atom. The van der Waals surface area contributed by atoms with E-state index in [0.717, 1.165) is 22.4 Å². The van der Waals surface area contributed by atoms with Crippen LogP contribution in [0, 0.1) is 13.8 Å². The third-order valence-corrected chi connectivity index (χ3v) is 5.97. The van der Waals surface area contributed by atoms with Crippen LogP contribution in [0.5, 0.6) is 5.75 Å². The summed E-state index contributed by atoms with van der Waals surface area (Å²) in [6, 6.07) is 22.2. The minimum absolute atomic E-state index is 0.00821. The molecular formula is C30H28N2O5. The molecule has 0 spiro atoms. The fraction of sp³-hybridized carbons (Fsp3) is 0.167. The van der Waals surface area contributed by atoms with Crippen LogP contribution in [0.25, 0.3) is 6.08 Å². The highest BCUT2D eigenvalue weighted by atomic mass is 16.5. The van der Waals surface area contributed by atoms with E-state index < -0.39 is 11.8 Å². The Morgan fingerprint density at radius 1 is 0.865 bits per heavy atom. The molecule has 0 fully saturated rings. The molecule has 0 saturated carbocycles. The molecule has 188 valence electrons. The van der Waals surface area contributed by atoms with Gasteiger partial charge in [-0.1, -0.05) is 47.5 Å². The van der Waals surface area contributed by atoms with Crippen LogP contribution in [-0.4, -0.2) is 31.4 Å². The Balaban J connectivity index is 1.51. The number of rotatable bonds is 7. The summed E-state index contributed by atoms with van der Waals surface area (Å²) >= 11 is 0. The second kappa shape index (κ2) is 11.0. The van der Waals surface area contributed by atoms with E-state index in [-0.39, 0.29) is 18.1 Å². The van der Waals surface area contributed by atoms with Crippen molar-refractivity contribution in [3.63, 3.8) is 0 Å². The molecule has 0 bridgehead atoms. The average Bonchev–Trinajstić information content (AvgIpc) is 3.14. The van der Waals surface area contributed by atoms with Gasteiger partial charge in [0.25, 0.3) is 5.91 Å². The van der Waals surface area contributed by atoms with E-state index in [9.17, 15) is 14.4 Å². The minimum atomic E-state index is -0.671. The van der Waals surface area contributed by atoms with Crippen molar-refractivity contribution in [1.82, 2.24) is 0 Å². The first kappa shape index (κ1) is 25.4. The zero-order valence-electron chi connectivity index (χ0n) is 21.2. The Labute approximate surface area is 216 Å². The minimum Gasteiger partial charge on any atom is -0.484 e. The summed E-state index contributed by atoms with van der Waals surface area (Å²) in [4.78, 5) is 39.6. The molecule has 0 aliphatic carbocycles. The highest BCUT2D eigenvalue weighted by Crippen LogP contribution is 2.35. The van der Waals surface area contributed by atoms with E-state index in [1.807, 2.05) is 62.4 Å². The second-order valence-corrected chi connectivity index (χ2v) is 8.75. The number of nitrogens with zero attached hydrogens (tertiary/aromatic N) is 1. The molecule has 7 heteroatoms. The van der Waals surface area contributed by atoms with Gasteiger partial charge in [0.1, 0.15) is 11.3 Å². The Hall–Kier alpha value is -4.65. The number of ketones is 1. The first-order valence-electron chi connectivity index (χ1n) is 11.8. The van der Waals surface area contributed by atoms with Crippen LogP contribution in [0.2, 0.25) is 0 Å². The first-order chi connectivity index (χ1) is 17.8. The summed E-state index contributed by atoms with van der Waals surface area (Å²) in [6.45, 7) is 5.55. The molecule has 1 aliphatic heterocycles. The van der Waals surface area contributed by atoms with Crippen LogP contribution < -0.4 is 15.0 Å². The molecule has 0 saturated heterocycles. The van der Waals surface area contributed by atoms with Crippen LogP contribution in [0.15, 0.2) is 89.8 Å². The van der Waals surface area contributed by atoms with Gasteiger partial charge in [-0.3, -0.25) is 9.59 Å². The summed E-state index contributed by atoms with van der Waals surface area (Å²) in [5.74, 6) is -0.829. The maximum Gasteiger partial charge on any atom is 0.343 e. The van der Waals surface area contributed by atoms with E-state index in [2.05, 4.69) is 5.32 Å². The predicted molar refractivity (Wildman–Crippen MR) is 143 cm³/mol. The molecule has 0 aromatic heterocycles. The van der Waals surface area contributed by atoms with Crippen molar-refractivity contribution >= 4 is 35.1 Å². The number of amides is 1. The number of benzene rings is 3. The van der Waals surface area contributed by atoms with Gasteiger partial charge in [0.15, 0.2) is 6.61 Å². The molecule has 1 aliphatic rings. The number of esters is 1. The molecule has 0 atom stereocenters. The first-order valence-corrected chi connectivity index (χ1v) is 11.8. The molecule has 1 heterocycles. The molecular weight excluding hydrogens is 468 g/mol. The Kier molecular flexibility index (Phi) is 7.53. The number of allylic oxidation sites excluding steroid dienone is 2. The van der Waals surface area contributed by atoms with Crippen molar-refractivity contribution in [1.29, 1.82) is 0 Å². The summed E-state index contributed by atoms with van der Waals surface area (Å²) in [6.07, 6.45) is 1.72. The average molecular weight is 497 g/mol. The molecule has 37 heavy (non-hydrogen) atoms. The number of hydrogen-bond donors (Lipinski definition) is 1.